The van der Waals surface area contributed by atoms with E-state index >= 15 is 0 Å². The van der Waals surface area contributed by atoms with Gasteiger partial charge in [0.05, 0.1) is 30.9 Å². The summed E-state index contributed by atoms with van der Waals surface area (Å²) in [5.41, 5.74) is 1.66. The summed E-state index contributed by atoms with van der Waals surface area (Å²) in [4.78, 5) is 29.6. The average Bonchev–Trinajstić information content (AvgIpc) is 2.73. The molecule has 2 aliphatic rings. The second kappa shape index (κ2) is 7.73. The van der Waals surface area contributed by atoms with E-state index in [0.29, 0.717) is 42.1 Å². The first kappa shape index (κ1) is 19.2. The third-order valence-electron chi connectivity index (χ3n) is 5.49. The molecule has 4 rings (SSSR count). The third-order valence-corrected chi connectivity index (χ3v) is 5.49. The maximum Gasteiger partial charge on any atom is 0.312 e. The molecule has 0 bridgehead atoms. The number of anilines is 2. The number of hydrogen-bond acceptors (Lipinski definition) is 5. The van der Waals surface area contributed by atoms with E-state index in [0.717, 1.165) is 0 Å². The maximum atomic E-state index is 14.1. The highest BCUT2D eigenvalue weighted by molar-refractivity contribution is 6.04. The van der Waals surface area contributed by atoms with Crippen molar-refractivity contribution >= 4 is 23.3 Å². The predicted molar refractivity (Wildman–Crippen MR) is 106 cm³/mol. The molecule has 2 aromatic rings. The second-order valence-electron chi connectivity index (χ2n) is 7.15. The van der Waals surface area contributed by atoms with Gasteiger partial charge in [0.25, 0.3) is 5.91 Å². The van der Waals surface area contributed by atoms with E-state index in [-0.39, 0.29) is 24.3 Å². The number of ether oxygens (including phenoxy) is 2. The van der Waals surface area contributed by atoms with Crippen molar-refractivity contribution in [1.82, 2.24) is 4.90 Å². The minimum atomic E-state index is -0.586. The van der Waals surface area contributed by atoms with Crippen LogP contribution in [0.5, 0.6) is 5.75 Å². The summed E-state index contributed by atoms with van der Waals surface area (Å²) >= 11 is 0. The summed E-state index contributed by atoms with van der Waals surface area (Å²) in [6.07, 6.45) is 0.712. The topological polar surface area (TPSA) is 59.1 Å². The quantitative estimate of drug-likeness (QED) is 0.735. The molecule has 0 aliphatic carbocycles. The predicted octanol–water partition coefficient (Wildman–Crippen LogP) is 3.73. The van der Waals surface area contributed by atoms with Gasteiger partial charge in [0.2, 0.25) is 0 Å². The van der Waals surface area contributed by atoms with Crippen LogP contribution in [0.4, 0.5) is 15.8 Å². The van der Waals surface area contributed by atoms with Gasteiger partial charge in [0.1, 0.15) is 17.7 Å². The van der Waals surface area contributed by atoms with Crippen LogP contribution in [0.3, 0.4) is 0 Å². The van der Waals surface area contributed by atoms with Crippen LogP contribution in [0.25, 0.3) is 0 Å². The number of rotatable bonds is 4. The van der Waals surface area contributed by atoms with E-state index in [4.69, 9.17) is 9.47 Å². The molecule has 2 heterocycles. The number of amides is 1. The molecule has 0 spiro atoms. The molecule has 6 nitrogen and oxygen atoms in total. The number of benzene rings is 2. The largest absolute Gasteiger partial charge is 0.497 e. The monoisotopic (exact) mass is 398 g/mol. The first-order chi connectivity index (χ1) is 14.0. The van der Waals surface area contributed by atoms with E-state index in [9.17, 15) is 14.0 Å². The van der Waals surface area contributed by atoms with Gasteiger partial charge in [0.15, 0.2) is 0 Å². The number of nitrogens with zero attached hydrogens (tertiary/aromatic N) is 2. The Morgan fingerprint density at radius 1 is 1.24 bits per heavy atom. The van der Waals surface area contributed by atoms with Crippen LogP contribution in [-0.2, 0) is 9.53 Å². The van der Waals surface area contributed by atoms with E-state index < -0.39 is 12.1 Å². The molecule has 1 fully saturated rings. The minimum Gasteiger partial charge on any atom is -0.497 e. The fourth-order valence-electron chi connectivity index (χ4n) is 4.24. The zero-order chi connectivity index (χ0) is 20.5. The molecule has 0 N–H and O–H groups in total. The van der Waals surface area contributed by atoms with Crippen molar-refractivity contribution in [2.24, 2.45) is 5.92 Å². The Morgan fingerprint density at radius 3 is 2.79 bits per heavy atom. The number of piperidine rings is 1. The van der Waals surface area contributed by atoms with Crippen LogP contribution >= 0.6 is 0 Å². The van der Waals surface area contributed by atoms with Crippen molar-refractivity contribution < 1.29 is 23.5 Å². The lowest BCUT2D eigenvalue weighted by atomic mass is 9.89. The molecule has 0 radical (unpaired) electrons. The van der Waals surface area contributed by atoms with E-state index in [1.54, 1.807) is 49.3 Å². The molecule has 29 heavy (non-hydrogen) atoms. The van der Waals surface area contributed by atoms with Gasteiger partial charge in [-0.3, -0.25) is 9.59 Å². The van der Waals surface area contributed by atoms with Crippen molar-refractivity contribution in [3.8, 4) is 5.75 Å². The average molecular weight is 398 g/mol. The van der Waals surface area contributed by atoms with Crippen molar-refractivity contribution in [1.29, 1.82) is 0 Å². The van der Waals surface area contributed by atoms with Gasteiger partial charge in [-0.15, -0.1) is 0 Å². The standard InChI is InChI=1S/C22H23FN2O4/c1-3-29-22(27)18-8-5-11-24-20(18)25(15-7-4-6-14(23)12-15)19-13-16(28-2)9-10-17(19)21(24)26/h4,6-7,9-10,12-13,18,20H,3,5,8,11H2,1-2H3/t18-,20-/m0/s1. The first-order valence-corrected chi connectivity index (χ1v) is 9.75. The van der Waals surface area contributed by atoms with Crippen LogP contribution in [0.1, 0.15) is 30.1 Å². The summed E-state index contributed by atoms with van der Waals surface area (Å²) in [6.45, 7) is 2.55. The highest BCUT2D eigenvalue weighted by Gasteiger charge is 2.47. The Balaban J connectivity index is 1.91. The SMILES string of the molecule is CCOC(=O)[C@H]1CCCN2C(=O)c3ccc(OC)cc3N(c3cccc(F)c3)[C@@H]12. The Morgan fingerprint density at radius 2 is 2.07 bits per heavy atom. The molecular formula is C22H23FN2O4. The van der Waals surface area contributed by atoms with Crippen molar-refractivity contribution in [2.75, 3.05) is 25.2 Å². The maximum absolute atomic E-state index is 14.1. The van der Waals surface area contributed by atoms with Crippen LogP contribution in [0.2, 0.25) is 0 Å². The summed E-state index contributed by atoms with van der Waals surface area (Å²) in [7, 11) is 1.55. The molecular weight excluding hydrogens is 375 g/mol. The van der Waals surface area contributed by atoms with Crippen LogP contribution in [-0.4, -0.2) is 43.2 Å². The van der Waals surface area contributed by atoms with Gasteiger partial charge in [-0.1, -0.05) is 6.07 Å². The third kappa shape index (κ3) is 3.30. The molecule has 1 saturated heterocycles. The Bertz CT molecular complexity index is 948. The van der Waals surface area contributed by atoms with Crippen molar-refractivity contribution in [3.05, 3.63) is 53.8 Å². The van der Waals surface area contributed by atoms with Crippen LogP contribution in [0, 0.1) is 11.7 Å². The van der Waals surface area contributed by atoms with Crippen molar-refractivity contribution in [3.63, 3.8) is 0 Å². The molecule has 7 heteroatoms. The van der Waals surface area contributed by atoms with E-state index in [2.05, 4.69) is 0 Å². The van der Waals surface area contributed by atoms with Gasteiger partial charge < -0.3 is 19.3 Å². The Hall–Kier alpha value is -3.09. The van der Waals surface area contributed by atoms with Crippen LogP contribution < -0.4 is 9.64 Å². The highest BCUT2D eigenvalue weighted by atomic mass is 19.1. The van der Waals surface area contributed by atoms with Gasteiger partial charge >= 0.3 is 5.97 Å². The number of halogens is 1. The lowest BCUT2D eigenvalue weighted by Crippen LogP contribution is -2.61. The molecule has 0 aromatic heterocycles. The fourth-order valence-corrected chi connectivity index (χ4v) is 4.24. The molecule has 2 aromatic carbocycles. The van der Waals surface area contributed by atoms with Gasteiger partial charge in [-0.25, -0.2) is 4.39 Å². The molecule has 1 amide bonds. The van der Waals surface area contributed by atoms with Gasteiger partial charge in [0, 0.05) is 18.3 Å². The molecule has 2 atom stereocenters. The molecule has 2 aliphatic heterocycles. The Kier molecular flexibility index (Phi) is 5.13. The summed E-state index contributed by atoms with van der Waals surface area (Å²) in [5, 5.41) is 0. The number of methoxy groups -OCH3 is 1. The zero-order valence-corrected chi connectivity index (χ0v) is 16.4. The van der Waals surface area contributed by atoms with E-state index in [1.807, 2.05) is 4.90 Å². The van der Waals surface area contributed by atoms with Gasteiger partial charge in [-0.2, -0.15) is 0 Å². The minimum absolute atomic E-state index is 0.144. The number of carbonyl (C=O) groups is 2. The Labute approximate surface area is 168 Å². The zero-order valence-electron chi connectivity index (χ0n) is 16.4. The molecule has 152 valence electrons. The van der Waals surface area contributed by atoms with Crippen LogP contribution in [0.15, 0.2) is 42.5 Å². The first-order valence-electron chi connectivity index (χ1n) is 9.75. The number of esters is 1. The normalized spacial score (nSPS) is 20.7. The highest BCUT2D eigenvalue weighted by Crippen LogP contribution is 2.44. The summed E-state index contributed by atoms with van der Waals surface area (Å²) in [6, 6.07) is 11.4. The van der Waals surface area contributed by atoms with E-state index in [1.165, 1.54) is 12.1 Å². The smallest absolute Gasteiger partial charge is 0.312 e. The molecule has 0 saturated carbocycles. The number of fused-ring (bicyclic) bond motifs is 2. The lowest BCUT2D eigenvalue weighted by molar-refractivity contribution is -0.151. The second-order valence-corrected chi connectivity index (χ2v) is 7.15. The van der Waals surface area contributed by atoms with Crippen molar-refractivity contribution in [2.45, 2.75) is 25.9 Å². The van der Waals surface area contributed by atoms with Gasteiger partial charge in [-0.05, 0) is 50.1 Å². The summed E-state index contributed by atoms with van der Waals surface area (Å²) < 4.78 is 24.8. The number of hydrogen-bond donors (Lipinski definition) is 0. The lowest BCUT2D eigenvalue weighted by Gasteiger charge is -2.50. The molecule has 0 unspecified atom stereocenters. The summed E-state index contributed by atoms with van der Waals surface area (Å²) in [5.74, 6) is -0.832. The fraction of sp³-hybridized carbons (Fsp3) is 0.364. The number of carbonyl (C=O) groups excluding carboxylic acids is 2.